The van der Waals surface area contributed by atoms with E-state index in [1.165, 1.54) is 38.0 Å². The van der Waals surface area contributed by atoms with E-state index in [-0.39, 0.29) is 29.8 Å². The van der Waals surface area contributed by atoms with Crippen molar-refractivity contribution in [1.29, 1.82) is 0 Å². The van der Waals surface area contributed by atoms with Gasteiger partial charge in [0, 0.05) is 19.0 Å². The number of sulfonamides is 1. The molecule has 1 aliphatic rings. The Morgan fingerprint density at radius 1 is 1.26 bits per heavy atom. The zero-order valence-corrected chi connectivity index (χ0v) is 16.3. The molecule has 0 aliphatic carbocycles. The Balaban J connectivity index is 1.56. The molecule has 0 saturated carbocycles. The number of carbonyl (C=O) groups excluding carboxylic acids is 2. The van der Waals surface area contributed by atoms with Crippen molar-refractivity contribution in [1.82, 2.24) is 4.31 Å². The first kappa shape index (κ1) is 19.5. The Hall–Kier alpha value is -2.30. The van der Waals surface area contributed by atoms with Crippen LogP contribution < -0.4 is 5.32 Å². The van der Waals surface area contributed by atoms with Gasteiger partial charge in [0.2, 0.25) is 11.0 Å². The number of furan rings is 1. The number of esters is 1. The number of thioether (sulfide) groups is 1. The Labute approximate surface area is 160 Å². The summed E-state index contributed by atoms with van der Waals surface area (Å²) in [5.74, 6) is -0.627. The van der Waals surface area contributed by atoms with Crippen LogP contribution in [0.15, 0.2) is 50.8 Å². The SMILES string of the molecule is CN(C)S(=O)(=O)c1ccc(COC(=O)CC2Sc3ccccc3NC2=O)o1. The second-order valence-corrected chi connectivity index (χ2v) is 9.29. The fourth-order valence-electron chi connectivity index (χ4n) is 2.34. The van der Waals surface area contributed by atoms with E-state index in [9.17, 15) is 18.0 Å². The summed E-state index contributed by atoms with van der Waals surface area (Å²) in [6.45, 7) is -0.211. The normalized spacial score (nSPS) is 16.7. The number of amides is 1. The lowest BCUT2D eigenvalue weighted by Crippen LogP contribution is -2.31. The maximum Gasteiger partial charge on any atom is 0.307 e. The highest BCUT2D eigenvalue weighted by molar-refractivity contribution is 8.01. The standard InChI is InChI=1S/C17H18N2O6S2/c1-19(2)27(22,23)16-8-7-11(25-16)10-24-15(20)9-14-17(21)18-12-5-3-4-6-13(12)26-14/h3-8,14H,9-10H2,1-2H3,(H,18,21). The number of rotatable bonds is 6. The highest BCUT2D eigenvalue weighted by Crippen LogP contribution is 2.36. The van der Waals surface area contributed by atoms with Crippen LogP contribution in [0.1, 0.15) is 12.2 Å². The third-order valence-corrected chi connectivity index (χ3v) is 6.77. The third-order valence-electron chi connectivity index (χ3n) is 3.81. The molecule has 1 unspecified atom stereocenters. The van der Waals surface area contributed by atoms with E-state index in [0.29, 0.717) is 0 Å². The van der Waals surface area contributed by atoms with Crippen LogP contribution in [0.25, 0.3) is 0 Å². The van der Waals surface area contributed by atoms with Crippen molar-refractivity contribution < 1.29 is 27.2 Å². The van der Waals surface area contributed by atoms with Gasteiger partial charge in [-0.2, -0.15) is 0 Å². The van der Waals surface area contributed by atoms with Gasteiger partial charge in [-0.1, -0.05) is 12.1 Å². The van der Waals surface area contributed by atoms with Gasteiger partial charge in [-0.3, -0.25) is 9.59 Å². The van der Waals surface area contributed by atoms with E-state index in [2.05, 4.69) is 5.32 Å². The summed E-state index contributed by atoms with van der Waals surface area (Å²) in [7, 11) is -0.900. The molecule has 1 aromatic carbocycles. The predicted molar refractivity (Wildman–Crippen MR) is 98.7 cm³/mol. The lowest BCUT2D eigenvalue weighted by molar-refractivity contribution is -0.146. The molecule has 144 valence electrons. The summed E-state index contributed by atoms with van der Waals surface area (Å²) in [5.41, 5.74) is 0.724. The summed E-state index contributed by atoms with van der Waals surface area (Å²) >= 11 is 1.30. The minimum Gasteiger partial charge on any atom is -0.457 e. The van der Waals surface area contributed by atoms with Crippen molar-refractivity contribution in [2.45, 2.75) is 28.3 Å². The minimum atomic E-state index is -3.68. The molecule has 1 aliphatic heterocycles. The molecular formula is C17H18N2O6S2. The number of hydrogen-bond acceptors (Lipinski definition) is 7. The molecule has 1 aromatic heterocycles. The summed E-state index contributed by atoms with van der Waals surface area (Å²) in [6, 6.07) is 10.1. The number of carbonyl (C=O) groups is 2. The molecule has 0 fully saturated rings. The Morgan fingerprint density at radius 3 is 2.74 bits per heavy atom. The van der Waals surface area contributed by atoms with Crippen molar-refractivity contribution >= 4 is 39.3 Å². The van der Waals surface area contributed by atoms with E-state index in [1.807, 2.05) is 18.2 Å². The van der Waals surface area contributed by atoms with Gasteiger partial charge >= 0.3 is 5.97 Å². The topological polar surface area (TPSA) is 106 Å². The van der Waals surface area contributed by atoms with Crippen LogP contribution in [-0.4, -0.2) is 43.9 Å². The van der Waals surface area contributed by atoms with Crippen LogP contribution in [0.4, 0.5) is 5.69 Å². The third kappa shape index (κ3) is 4.34. The van der Waals surface area contributed by atoms with Gasteiger partial charge in [-0.25, -0.2) is 12.7 Å². The second-order valence-electron chi connectivity index (χ2n) is 5.96. The number of nitrogens with one attached hydrogen (secondary N) is 1. The first-order chi connectivity index (χ1) is 12.8. The summed E-state index contributed by atoms with van der Waals surface area (Å²) in [4.78, 5) is 25.1. The average molecular weight is 410 g/mol. The maximum absolute atomic E-state index is 12.1. The van der Waals surface area contributed by atoms with Crippen LogP contribution in [0.2, 0.25) is 0 Å². The predicted octanol–water partition coefficient (Wildman–Crippen LogP) is 2.08. The molecule has 0 saturated heterocycles. The van der Waals surface area contributed by atoms with Crippen LogP contribution in [0.3, 0.4) is 0 Å². The molecule has 2 heterocycles. The van der Waals surface area contributed by atoms with Crippen molar-refractivity contribution in [3.63, 3.8) is 0 Å². The van der Waals surface area contributed by atoms with Crippen molar-refractivity contribution in [2.24, 2.45) is 0 Å². The van der Waals surface area contributed by atoms with Gasteiger partial charge in [0.25, 0.3) is 10.0 Å². The van der Waals surface area contributed by atoms with Crippen molar-refractivity contribution in [3.8, 4) is 0 Å². The van der Waals surface area contributed by atoms with Gasteiger partial charge in [-0.15, -0.1) is 11.8 Å². The lowest BCUT2D eigenvalue weighted by Gasteiger charge is -2.23. The van der Waals surface area contributed by atoms with Gasteiger partial charge in [0.05, 0.1) is 17.4 Å². The quantitative estimate of drug-likeness (QED) is 0.727. The molecule has 1 amide bonds. The summed E-state index contributed by atoms with van der Waals surface area (Å²) in [5, 5.41) is 1.95. The van der Waals surface area contributed by atoms with Crippen molar-refractivity contribution in [3.05, 3.63) is 42.2 Å². The monoisotopic (exact) mass is 410 g/mol. The smallest absolute Gasteiger partial charge is 0.307 e. The number of benzene rings is 1. The first-order valence-corrected chi connectivity index (χ1v) is 10.3. The zero-order chi connectivity index (χ0) is 19.6. The van der Waals surface area contributed by atoms with Gasteiger partial charge in [0.1, 0.15) is 12.4 Å². The van der Waals surface area contributed by atoms with E-state index in [4.69, 9.17) is 9.15 Å². The van der Waals surface area contributed by atoms with Crippen LogP contribution in [-0.2, 0) is 31.0 Å². The molecule has 0 bridgehead atoms. The molecule has 3 rings (SSSR count). The maximum atomic E-state index is 12.1. The number of fused-ring (bicyclic) bond motifs is 1. The van der Waals surface area contributed by atoms with Crippen LogP contribution in [0.5, 0.6) is 0 Å². The molecule has 1 atom stereocenters. The number of nitrogens with zero attached hydrogens (tertiary/aromatic N) is 1. The van der Waals surface area contributed by atoms with Crippen LogP contribution in [0, 0.1) is 0 Å². The Bertz CT molecular complexity index is 967. The highest BCUT2D eigenvalue weighted by Gasteiger charge is 2.29. The molecule has 2 aromatic rings. The Kier molecular flexibility index (Phi) is 5.59. The van der Waals surface area contributed by atoms with Crippen molar-refractivity contribution in [2.75, 3.05) is 19.4 Å². The largest absolute Gasteiger partial charge is 0.457 e. The molecule has 10 heteroatoms. The fraction of sp³-hybridized carbons (Fsp3) is 0.294. The van der Waals surface area contributed by atoms with E-state index in [0.717, 1.165) is 14.9 Å². The molecule has 27 heavy (non-hydrogen) atoms. The summed E-state index contributed by atoms with van der Waals surface area (Å²) in [6.07, 6.45) is -0.103. The molecule has 8 nitrogen and oxygen atoms in total. The average Bonchev–Trinajstić information content (AvgIpc) is 3.10. The minimum absolute atomic E-state index is 0.103. The van der Waals surface area contributed by atoms with E-state index >= 15 is 0 Å². The van der Waals surface area contributed by atoms with Gasteiger partial charge in [0.15, 0.2) is 0 Å². The molecular weight excluding hydrogens is 392 g/mol. The molecule has 0 radical (unpaired) electrons. The number of para-hydroxylation sites is 1. The van der Waals surface area contributed by atoms with Gasteiger partial charge in [-0.05, 0) is 24.3 Å². The fourth-order valence-corrected chi connectivity index (χ4v) is 4.25. The zero-order valence-electron chi connectivity index (χ0n) is 14.7. The van der Waals surface area contributed by atoms with Crippen LogP contribution >= 0.6 is 11.8 Å². The molecule has 0 spiro atoms. The molecule has 1 N–H and O–H groups in total. The number of hydrogen-bond donors (Lipinski definition) is 1. The lowest BCUT2D eigenvalue weighted by atomic mass is 10.2. The number of anilines is 1. The van der Waals surface area contributed by atoms with Gasteiger partial charge < -0.3 is 14.5 Å². The first-order valence-electron chi connectivity index (χ1n) is 8.01. The van der Waals surface area contributed by atoms with E-state index < -0.39 is 21.2 Å². The van der Waals surface area contributed by atoms with E-state index in [1.54, 1.807) is 6.07 Å². The summed E-state index contributed by atoms with van der Waals surface area (Å²) < 4.78 is 35.3. The second kappa shape index (κ2) is 7.75. The number of ether oxygens (including phenoxy) is 1. The highest BCUT2D eigenvalue weighted by atomic mass is 32.2. The Morgan fingerprint density at radius 2 is 2.00 bits per heavy atom.